The van der Waals surface area contributed by atoms with Gasteiger partial charge in [-0.3, -0.25) is 9.20 Å². The molecule has 13 heteroatoms. The Bertz CT molecular complexity index is 1000. The maximum atomic E-state index is 12.7. The molecule has 0 bridgehead atoms. The van der Waals surface area contributed by atoms with Crippen LogP contribution in [0.15, 0.2) is 23.1 Å². The SMILES string of the molecule is O=c1cc(Cn2nc(C(F)(F)F)cc2Cl)nc2sc(C(F)(F)F)cn12. The lowest BCUT2D eigenvalue weighted by Crippen LogP contribution is -2.16. The number of fused-ring (bicyclic) bond motifs is 1. The first-order chi connectivity index (χ1) is 11.4. The van der Waals surface area contributed by atoms with Crippen molar-refractivity contribution in [3.8, 4) is 0 Å². The van der Waals surface area contributed by atoms with Crippen LogP contribution in [0.3, 0.4) is 0 Å². The van der Waals surface area contributed by atoms with Gasteiger partial charge in [0.1, 0.15) is 10.0 Å². The van der Waals surface area contributed by atoms with Gasteiger partial charge in [-0.15, -0.1) is 0 Å². The van der Waals surface area contributed by atoms with E-state index >= 15 is 0 Å². The highest BCUT2D eigenvalue weighted by molar-refractivity contribution is 7.17. The Morgan fingerprint density at radius 1 is 1.12 bits per heavy atom. The highest BCUT2D eigenvalue weighted by atomic mass is 35.5. The molecule has 0 aliphatic carbocycles. The number of halogens is 7. The normalized spacial score (nSPS) is 12.9. The number of rotatable bonds is 2. The van der Waals surface area contributed by atoms with Crippen LogP contribution in [0.25, 0.3) is 4.96 Å². The van der Waals surface area contributed by atoms with E-state index in [-0.39, 0.29) is 27.1 Å². The molecule has 0 aliphatic rings. The van der Waals surface area contributed by atoms with Crippen molar-refractivity contribution in [1.29, 1.82) is 0 Å². The molecule has 3 aromatic rings. The summed E-state index contributed by atoms with van der Waals surface area (Å²) in [6.45, 7) is -0.403. The third kappa shape index (κ3) is 3.49. The van der Waals surface area contributed by atoms with Gasteiger partial charge in [-0.2, -0.15) is 31.4 Å². The fraction of sp³-hybridized carbons (Fsp3) is 0.250. The summed E-state index contributed by atoms with van der Waals surface area (Å²) < 4.78 is 77.4. The number of hydrogen-bond acceptors (Lipinski definition) is 4. The largest absolute Gasteiger partial charge is 0.435 e. The predicted molar refractivity (Wildman–Crippen MR) is 75.7 cm³/mol. The second kappa shape index (κ2) is 5.73. The van der Waals surface area contributed by atoms with Crippen LogP contribution in [0.1, 0.15) is 16.3 Å². The minimum absolute atomic E-state index is 0.0701. The second-order valence-corrected chi connectivity index (χ2v) is 6.24. The molecule has 0 amide bonds. The number of thiazole rings is 1. The molecule has 0 aromatic carbocycles. The van der Waals surface area contributed by atoms with Gasteiger partial charge in [-0.1, -0.05) is 22.9 Å². The molecular formula is C12H5ClF6N4OS. The van der Waals surface area contributed by atoms with Gasteiger partial charge in [0.2, 0.25) is 0 Å². The van der Waals surface area contributed by atoms with Crippen LogP contribution in [0.5, 0.6) is 0 Å². The van der Waals surface area contributed by atoms with Crippen molar-refractivity contribution in [2.75, 3.05) is 0 Å². The summed E-state index contributed by atoms with van der Waals surface area (Å²) >= 11 is 5.91. The molecule has 5 nitrogen and oxygen atoms in total. The zero-order valence-electron chi connectivity index (χ0n) is 11.7. The third-order valence-electron chi connectivity index (χ3n) is 3.03. The van der Waals surface area contributed by atoms with E-state index < -0.39 is 35.0 Å². The van der Waals surface area contributed by atoms with Gasteiger partial charge >= 0.3 is 12.4 Å². The Morgan fingerprint density at radius 3 is 2.36 bits per heavy atom. The maximum Gasteiger partial charge on any atom is 0.435 e. The fourth-order valence-electron chi connectivity index (χ4n) is 1.96. The molecule has 3 aromatic heterocycles. The lowest BCUT2D eigenvalue weighted by molar-refractivity contribution is -0.141. The van der Waals surface area contributed by atoms with Crippen LogP contribution in [-0.2, 0) is 18.9 Å². The summed E-state index contributed by atoms with van der Waals surface area (Å²) in [5, 5.41) is 2.91. The van der Waals surface area contributed by atoms with Gasteiger partial charge in [0.25, 0.3) is 5.56 Å². The molecule has 0 radical (unpaired) electrons. The summed E-state index contributed by atoms with van der Waals surface area (Å²) in [7, 11) is 0. The molecule has 0 aliphatic heterocycles. The van der Waals surface area contributed by atoms with Crippen molar-refractivity contribution >= 4 is 27.9 Å². The predicted octanol–water partition coefficient (Wildman–Crippen LogP) is 3.69. The van der Waals surface area contributed by atoms with Crippen LogP contribution in [0.4, 0.5) is 26.3 Å². The summed E-state index contributed by atoms with van der Waals surface area (Å²) in [4.78, 5) is 14.5. The molecule has 25 heavy (non-hydrogen) atoms. The Kier molecular flexibility index (Phi) is 4.06. The molecule has 3 heterocycles. The molecule has 0 spiro atoms. The second-order valence-electron chi connectivity index (χ2n) is 4.84. The molecule has 0 saturated carbocycles. The van der Waals surface area contributed by atoms with Crippen molar-refractivity contribution in [3.05, 3.63) is 50.1 Å². The zero-order valence-corrected chi connectivity index (χ0v) is 13.3. The van der Waals surface area contributed by atoms with E-state index in [1.54, 1.807) is 0 Å². The van der Waals surface area contributed by atoms with Crippen LogP contribution in [0, 0.1) is 0 Å². The molecule has 134 valence electrons. The standard InChI is InChI=1S/C12H5ClF6N4OS/c13-8-2-6(11(14,15)16)21-23(8)3-5-1-9(24)22-4-7(12(17,18)19)25-10(22)20-5/h1-2,4H,3H2. The highest BCUT2D eigenvalue weighted by Gasteiger charge is 2.35. The maximum absolute atomic E-state index is 12.7. The molecule has 0 saturated heterocycles. The van der Waals surface area contributed by atoms with E-state index in [0.29, 0.717) is 16.7 Å². The van der Waals surface area contributed by atoms with Crippen molar-refractivity contribution in [3.63, 3.8) is 0 Å². The van der Waals surface area contributed by atoms with Gasteiger partial charge in [0.05, 0.1) is 12.2 Å². The number of aromatic nitrogens is 4. The Hall–Kier alpha value is -2.08. The van der Waals surface area contributed by atoms with Crippen LogP contribution >= 0.6 is 22.9 Å². The molecule has 0 fully saturated rings. The van der Waals surface area contributed by atoms with E-state index in [1.807, 2.05) is 0 Å². The summed E-state index contributed by atoms with van der Waals surface area (Å²) in [5.74, 6) is 0. The van der Waals surface area contributed by atoms with E-state index in [2.05, 4.69) is 10.1 Å². The first-order valence-electron chi connectivity index (χ1n) is 6.35. The summed E-state index contributed by atoms with van der Waals surface area (Å²) in [5.41, 5.74) is -2.10. The molecule has 3 rings (SSSR count). The monoisotopic (exact) mass is 402 g/mol. The summed E-state index contributed by atoms with van der Waals surface area (Å²) in [6, 6.07) is 1.50. The van der Waals surface area contributed by atoms with Gasteiger partial charge in [-0.25, -0.2) is 9.67 Å². The fourth-order valence-corrected chi connectivity index (χ4v) is 3.03. The minimum atomic E-state index is -4.71. The van der Waals surface area contributed by atoms with E-state index in [4.69, 9.17) is 11.6 Å². The Labute approximate surface area is 143 Å². The average molecular weight is 403 g/mol. The van der Waals surface area contributed by atoms with Crippen LogP contribution in [-0.4, -0.2) is 19.2 Å². The Morgan fingerprint density at radius 2 is 1.80 bits per heavy atom. The number of hydrogen-bond donors (Lipinski definition) is 0. The minimum Gasteiger partial charge on any atom is -0.269 e. The van der Waals surface area contributed by atoms with E-state index in [0.717, 1.165) is 10.7 Å². The van der Waals surface area contributed by atoms with Crippen LogP contribution < -0.4 is 5.56 Å². The van der Waals surface area contributed by atoms with Crippen molar-refractivity contribution in [2.45, 2.75) is 18.9 Å². The molecule has 0 unspecified atom stereocenters. The van der Waals surface area contributed by atoms with Crippen LogP contribution in [0.2, 0.25) is 5.15 Å². The topological polar surface area (TPSA) is 52.2 Å². The van der Waals surface area contributed by atoms with Crippen molar-refractivity contribution in [1.82, 2.24) is 19.2 Å². The first-order valence-corrected chi connectivity index (χ1v) is 7.54. The van der Waals surface area contributed by atoms with Crippen molar-refractivity contribution in [2.24, 2.45) is 0 Å². The first kappa shape index (κ1) is 17.7. The van der Waals surface area contributed by atoms with E-state index in [9.17, 15) is 31.1 Å². The summed E-state index contributed by atoms with van der Waals surface area (Å²) in [6.07, 6.45) is -8.74. The lowest BCUT2D eigenvalue weighted by Gasteiger charge is -2.03. The molecule has 0 atom stereocenters. The van der Waals surface area contributed by atoms with E-state index in [1.165, 1.54) is 0 Å². The van der Waals surface area contributed by atoms with Gasteiger partial charge in [-0.05, 0) is 0 Å². The highest BCUT2D eigenvalue weighted by Crippen LogP contribution is 2.34. The van der Waals surface area contributed by atoms with Gasteiger partial charge in [0.15, 0.2) is 10.7 Å². The van der Waals surface area contributed by atoms with Gasteiger partial charge in [0, 0.05) is 18.3 Å². The number of alkyl halides is 6. The average Bonchev–Trinajstić information content (AvgIpc) is 3.03. The van der Waals surface area contributed by atoms with Gasteiger partial charge < -0.3 is 0 Å². The smallest absolute Gasteiger partial charge is 0.269 e. The third-order valence-corrected chi connectivity index (χ3v) is 4.36. The molecule has 0 N–H and O–H groups in total. The quantitative estimate of drug-likeness (QED) is 0.614. The molecular weight excluding hydrogens is 398 g/mol. The zero-order chi connectivity index (χ0) is 18.6. The Balaban J connectivity index is 2.00. The lowest BCUT2D eigenvalue weighted by atomic mass is 10.4. The van der Waals surface area contributed by atoms with Crippen molar-refractivity contribution < 1.29 is 26.3 Å². The number of nitrogens with zero attached hydrogens (tertiary/aromatic N) is 4.